The van der Waals surface area contributed by atoms with Crippen molar-refractivity contribution in [1.82, 2.24) is 10.3 Å². The number of aryl methyl sites for hydroxylation is 1. The number of hydrogen-bond donors (Lipinski definition) is 1. The number of hydrogen-bond acceptors (Lipinski definition) is 3. The van der Waals surface area contributed by atoms with Crippen LogP contribution in [-0.2, 0) is 11.2 Å². The molecule has 130 valence electrons. The van der Waals surface area contributed by atoms with Crippen molar-refractivity contribution in [2.75, 3.05) is 0 Å². The first-order chi connectivity index (χ1) is 11.5. The van der Waals surface area contributed by atoms with Crippen LogP contribution in [-0.4, -0.2) is 16.9 Å². The van der Waals surface area contributed by atoms with Gasteiger partial charge in [0.15, 0.2) is 11.7 Å². The molecule has 1 aromatic carbocycles. The molecule has 1 atom stereocenters. The van der Waals surface area contributed by atoms with E-state index in [0.29, 0.717) is 35.4 Å². The van der Waals surface area contributed by atoms with Crippen LogP contribution >= 0.6 is 11.6 Å². The zero-order valence-electron chi connectivity index (χ0n) is 14.5. The Labute approximate surface area is 148 Å². The normalized spacial score (nSPS) is 12.4. The Morgan fingerprint density at radius 2 is 2.00 bits per heavy atom. The summed E-state index contributed by atoms with van der Waals surface area (Å²) < 4.78 is 5.71. The minimum Gasteiger partial charge on any atom is -0.441 e. The van der Waals surface area contributed by atoms with Crippen LogP contribution in [0.15, 0.2) is 34.9 Å². The van der Waals surface area contributed by atoms with Gasteiger partial charge in [-0.1, -0.05) is 37.6 Å². The fourth-order valence-electron chi connectivity index (χ4n) is 2.43. The summed E-state index contributed by atoms with van der Waals surface area (Å²) in [6.45, 7) is 6.42. The van der Waals surface area contributed by atoms with Crippen molar-refractivity contribution in [2.45, 2.75) is 52.5 Å². The van der Waals surface area contributed by atoms with Gasteiger partial charge in [0.05, 0.1) is 11.2 Å². The van der Waals surface area contributed by atoms with Gasteiger partial charge in [0, 0.05) is 24.4 Å². The van der Waals surface area contributed by atoms with Crippen molar-refractivity contribution in [3.63, 3.8) is 0 Å². The number of carbonyl (C=O) groups excluding carboxylic acids is 1. The van der Waals surface area contributed by atoms with Crippen LogP contribution in [0.25, 0.3) is 11.3 Å². The Bertz CT molecular complexity index is 667. The largest absolute Gasteiger partial charge is 0.441 e. The van der Waals surface area contributed by atoms with Crippen molar-refractivity contribution in [3.05, 3.63) is 41.4 Å². The van der Waals surface area contributed by atoms with E-state index in [1.54, 1.807) is 6.20 Å². The lowest BCUT2D eigenvalue weighted by Gasteiger charge is -2.14. The van der Waals surface area contributed by atoms with Crippen LogP contribution in [0.1, 0.15) is 45.9 Å². The summed E-state index contributed by atoms with van der Waals surface area (Å²) in [7, 11) is 0. The Kier molecular flexibility index (Phi) is 6.85. The van der Waals surface area contributed by atoms with Crippen LogP contribution in [0.3, 0.4) is 0 Å². The Morgan fingerprint density at radius 3 is 2.71 bits per heavy atom. The molecule has 0 aliphatic rings. The van der Waals surface area contributed by atoms with Gasteiger partial charge in [-0.3, -0.25) is 4.79 Å². The second kappa shape index (κ2) is 8.88. The zero-order chi connectivity index (χ0) is 17.5. The average Bonchev–Trinajstić information content (AvgIpc) is 3.00. The van der Waals surface area contributed by atoms with E-state index in [4.69, 9.17) is 16.0 Å². The summed E-state index contributed by atoms with van der Waals surface area (Å²) in [5.41, 5.74) is 0.810. The standard InChI is InChI=1S/C19H25ClN2O2/c1-13(2)8-9-14(3)22-18(23)10-11-19-21-12-17(24-19)15-6-4-5-7-16(15)20/h4-7,12-14H,8-11H2,1-3H3,(H,22,23). The lowest BCUT2D eigenvalue weighted by atomic mass is 10.0. The summed E-state index contributed by atoms with van der Waals surface area (Å²) in [6.07, 6.45) is 4.61. The molecular formula is C19H25ClN2O2. The fraction of sp³-hybridized carbons (Fsp3) is 0.474. The van der Waals surface area contributed by atoms with Crippen molar-refractivity contribution < 1.29 is 9.21 Å². The lowest BCUT2D eigenvalue weighted by Crippen LogP contribution is -2.32. The molecule has 1 heterocycles. The molecule has 5 heteroatoms. The molecule has 1 aromatic heterocycles. The quantitative estimate of drug-likeness (QED) is 0.740. The summed E-state index contributed by atoms with van der Waals surface area (Å²) in [5, 5.41) is 3.65. The molecule has 0 bridgehead atoms. The van der Waals surface area contributed by atoms with Gasteiger partial charge in [0.2, 0.25) is 5.91 Å². The van der Waals surface area contributed by atoms with Crippen molar-refractivity contribution in [1.29, 1.82) is 0 Å². The van der Waals surface area contributed by atoms with Gasteiger partial charge < -0.3 is 9.73 Å². The number of carbonyl (C=O) groups is 1. The number of nitrogens with zero attached hydrogens (tertiary/aromatic N) is 1. The smallest absolute Gasteiger partial charge is 0.220 e. The molecule has 4 nitrogen and oxygen atoms in total. The Hall–Kier alpha value is -1.81. The summed E-state index contributed by atoms with van der Waals surface area (Å²) in [5.74, 6) is 1.86. The van der Waals surface area contributed by atoms with E-state index in [1.165, 1.54) is 0 Å². The fourth-order valence-corrected chi connectivity index (χ4v) is 2.66. The topological polar surface area (TPSA) is 55.1 Å². The van der Waals surface area contributed by atoms with Gasteiger partial charge in [-0.15, -0.1) is 0 Å². The van der Waals surface area contributed by atoms with Gasteiger partial charge in [0.25, 0.3) is 0 Å². The highest BCUT2D eigenvalue weighted by atomic mass is 35.5. The van der Waals surface area contributed by atoms with Gasteiger partial charge in [0.1, 0.15) is 0 Å². The van der Waals surface area contributed by atoms with E-state index >= 15 is 0 Å². The molecule has 1 unspecified atom stereocenters. The Morgan fingerprint density at radius 1 is 1.25 bits per heavy atom. The van der Waals surface area contributed by atoms with Crippen LogP contribution in [0.4, 0.5) is 0 Å². The third-order valence-corrected chi connectivity index (χ3v) is 4.17. The zero-order valence-corrected chi connectivity index (χ0v) is 15.3. The molecule has 0 spiro atoms. The maximum Gasteiger partial charge on any atom is 0.220 e. The average molecular weight is 349 g/mol. The molecule has 1 N–H and O–H groups in total. The van der Waals surface area contributed by atoms with Crippen molar-refractivity contribution in [2.24, 2.45) is 5.92 Å². The van der Waals surface area contributed by atoms with Gasteiger partial charge in [-0.2, -0.15) is 0 Å². The molecule has 0 radical (unpaired) electrons. The van der Waals surface area contributed by atoms with Crippen molar-refractivity contribution >= 4 is 17.5 Å². The molecule has 1 amide bonds. The molecule has 0 fully saturated rings. The number of aromatic nitrogens is 1. The van der Waals surface area contributed by atoms with E-state index < -0.39 is 0 Å². The predicted molar refractivity (Wildman–Crippen MR) is 96.9 cm³/mol. The molecule has 24 heavy (non-hydrogen) atoms. The van der Waals surface area contributed by atoms with Gasteiger partial charge in [-0.05, 0) is 37.8 Å². The van der Waals surface area contributed by atoms with Crippen LogP contribution in [0.5, 0.6) is 0 Å². The molecular weight excluding hydrogens is 324 g/mol. The second-order valence-corrected chi connectivity index (χ2v) is 6.95. The maximum atomic E-state index is 12.0. The molecule has 0 saturated carbocycles. The number of rotatable bonds is 8. The molecule has 0 saturated heterocycles. The lowest BCUT2D eigenvalue weighted by molar-refractivity contribution is -0.121. The maximum absolute atomic E-state index is 12.0. The highest BCUT2D eigenvalue weighted by Gasteiger charge is 2.12. The highest BCUT2D eigenvalue weighted by Crippen LogP contribution is 2.28. The van der Waals surface area contributed by atoms with Crippen molar-refractivity contribution in [3.8, 4) is 11.3 Å². The summed E-state index contributed by atoms with van der Waals surface area (Å²) >= 11 is 6.15. The minimum atomic E-state index is 0.0312. The number of benzene rings is 1. The van der Waals surface area contributed by atoms with Gasteiger partial charge >= 0.3 is 0 Å². The van der Waals surface area contributed by atoms with Gasteiger partial charge in [-0.25, -0.2) is 4.98 Å². The van der Waals surface area contributed by atoms with Crippen LogP contribution in [0, 0.1) is 5.92 Å². The molecule has 0 aliphatic heterocycles. The summed E-state index contributed by atoms with van der Waals surface area (Å²) in [6, 6.07) is 7.66. The third-order valence-electron chi connectivity index (χ3n) is 3.84. The molecule has 2 rings (SSSR count). The second-order valence-electron chi connectivity index (χ2n) is 6.54. The third kappa shape index (κ3) is 5.68. The number of oxazole rings is 1. The Balaban J connectivity index is 1.83. The predicted octanol–water partition coefficient (Wildman–Crippen LogP) is 4.87. The highest BCUT2D eigenvalue weighted by molar-refractivity contribution is 6.33. The first-order valence-electron chi connectivity index (χ1n) is 8.44. The number of nitrogens with one attached hydrogen (secondary N) is 1. The monoisotopic (exact) mass is 348 g/mol. The van der Waals surface area contributed by atoms with E-state index in [2.05, 4.69) is 24.1 Å². The van der Waals surface area contributed by atoms with E-state index in [1.807, 2.05) is 31.2 Å². The first kappa shape index (κ1) is 18.5. The van der Waals surface area contributed by atoms with E-state index in [0.717, 1.165) is 18.4 Å². The van der Waals surface area contributed by atoms with E-state index in [9.17, 15) is 4.79 Å². The number of halogens is 1. The minimum absolute atomic E-state index is 0.0312. The van der Waals surface area contributed by atoms with Crippen LogP contribution in [0.2, 0.25) is 5.02 Å². The SMILES string of the molecule is CC(C)CCC(C)NC(=O)CCc1ncc(-c2ccccc2Cl)o1. The van der Waals surface area contributed by atoms with E-state index in [-0.39, 0.29) is 11.9 Å². The molecule has 2 aromatic rings. The molecule has 0 aliphatic carbocycles. The number of amides is 1. The summed E-state index contributed by atoms with van der Waals surface area (Å²) in [4.78, 5) is 16.2. The first-order valence-corrected chi connectivity index (χ1v) is 8.82. The van der Waals surface area contributed by atoms with Crippen LogP contribution < -0.4 is 5.32 Å².